The SMILES string of the molecule is C=C/C=C\C.C=Cc1c(/C=C\C)n(-c2cc(C)ccc2C)c2ccccc12.CC(C)=CNc1ccc2c3c(ccc(C)c13)C(N)=C2N. The largest absolute Gasteiger partial charge is 0.397 e. The normalized spacial score (nSPS) is 11.8. The summed E-state index contributed by atoms with van der Waals surface area (Å²) in [5.74, 6) is 0. The van der Waals surface area contributed by atoms with Crippen molar-refractivity contribution in [3.63, 3.8) is 0 Å². The molecule has 0 bridgehead atoms. The van der Waals surface area contributed by atoms with E-state index in [2.05, 4.69) is 137 Å². The third kappa shape index (κ3) is 7.02. The second-order valence-corrected chi connectivity index (χ2v) is 11.9. The van der Waals surface area contributed by atoms with Crippen LogP contribution in [0.2, 0.25) is 0 Å². The van der Waals surface area contributed by atoms with E-state index in [1.165, 1.54) is 55.5 Å². The highest BCUT2D eigenvalue weighted by molar-refractivity contribution is 6.16. The van der Waals surface area contributed by atoms with Crippen molar-refractivity contribution in [2.75, 3.05) is 5.32 Å². The minimum atomic E-state index is 0.685. The van der Waals surface area contributed by atoms with Crippen LogP contribution in [0.15, 0.2) is 116 Å². The number of aromatic nitrogens is 1. The van der Waals surface area contributed by atoms with Gasteiger partial charge in [-0.25, -0.2) is 0 Å². The number of fused-ring (bicyclic) bond motifs is 1. The fourth-order valence-electron chi connectivity index (χ4n) is 5.93. The minimum absolute atomic E-state index is 0.685. The molecule has 240 valence electrons. The van der Waals surface area contributed by atoms with Crippen molar-refractivity contribution in [1.29, 1.82) is 0 Å². The first-order valence-corrected chi connectivity index (χ1v) is 16.0. The van der Waals surface area contributed by atoms with E-state index in [9.17, 15) is 0 Å². The zero-order valence-electron chi connectivity index (χ0n) is 28.9. The number of aryl methyl sites for hydroxylation is 3. The van der Waals surface area contributed by atoms with E-state index in [-0.39, 0.29) is 0 Å². The number of nitrogens with one attached hydrogen (secondary N) is 1. The van der Waals surface area contributed by atoms with E-state index in [1.807, 2.05) is 37.4 Å². The van der Waals surface area contributed by atoms with E-state index in [4.69, 9.17) is 11.5 Å². The number of rotatable bonds is 6. The third-order valence-corrected chi connectivity index (χ3v) is 8.17. The summed E-state index contributed by atoms with van der Waals surface area (Å²) in [7, 11) is 0. The fraction of sp³-hybridized carbons (Fsp3) is 0.163. The van der Waals surface area contributed by atoms with Gasteiger partial charge in [0.2, 0.25) is 0 Å². The van der Waals surface area contributed by atoms with Crippen molar-refractivity contribution in [3.05, 3.63) is 155 Å². The molecule has 4 nitrogen and oxygen atoms in total. The molecule has 6 rings (SSSR count). The number of nitrogens with two attached hydrogens (primary N) is 2. The molecule has 0 spiro atoms. The lowest BCUT2D eigenvalue weighted by Gasteiger charge is -2.13. The number of benzene rings is 4. The summed E-state index contributed by atoms with van der Waals surface area (Å²) in [5, 5.41) is 6.97. The summed E-state index contributed by atoms with van der Waals surface area (Å²) < 4.78 is 2.34. The molecule has 0 saturated carbocycles. The second-order valence-electron chi connectivity index (χ2n) is 11.9. The Balaban J connectivity index is 0.000000187. The number of allylic oxidation sites excluding steroid dienone is 5. The Morgan fingerprint density at radius 2 is 1.45 bits per heavy atom. The molecule has 47 heavy (non-hydrogen) atoms. The van der Waals surface area contributed by atoms with Crippen molar-refractivity contribution in [3.8, 4) is 5.69 Å². The van der Waals surface area contributed by atoms with Crippen LogP contribution in [0.5, 0.6) is 0 Å². The van der Waals surface area contributed by atoms with Gasteiger partial charge in [0.25, 0.3) is 0 Å². The molecule has 0 aliphatic heterocycles. The average Bonchev–Trinajstić information content (AvgIpc) is 3.50. The maximum Gasteiger partial charge on any atom is 0.0634 e. The van der Waals surface area contributed by atoms with Gasteiger partial charge in [-0.2, -0.15) is 0 Å². The van der Waals surface area contributed by atoms with Crippen molar-refractivity contribution in [2.24, 2.45) is 11.5 Å². The molecule has 0 fully saturated rings. The molecule has 1 aliphatic rings. The predicted octanol–water partition coefficient (Wildman–Crippen LogP) is 11.2. The van der Waals surface area contributed by atoms with Gasteiger partial charge in [-0.1, -0.05) is 97.6 Å². The van der Waals surface area contributed by atoms with Gasteiger partial charge in [0, 0.05) is 44.2 Å². The summed E-state index contributed by atoms with van der Waals surface area (Å²) in [5.41, 5.74) is 26.6. The predicted molar refractivity (Wildman–Crippen MR) is 209 cm³/mol. The van der Waals surface area contributed by atoms with E-state index in [0.717, 1.165) is 22.2 Å². The van der Waals surface area contributed by atoms with E-state index in [0.29, 0.717) is 11.4 Å². The third-order valence-electron chi connectivity index (χ3n) is 8.17. The smallest absolute Gasteiger partial charge is 0.0634 e. The standard InChI is InChI=1S/C21H21N.C17H19N3.C5H8/c1-5-9-19-17(6-2)18-10-7-8-11-20(18)22(19)21-14-15(3)12-13-16(21)4;1-9(2)8-20-13-7-6-12-15-11(16(18)17(12)19)5-4-10(3)14(13)15;1-3-5-4-2/h5-14H,2H2,1,3-4H3;4-8,20H,18-19H2,1-3H3;3-5H,1H2,2H3/b9-5-;;5-4-. The number of hydrogen-bond donors (Lipinski definition) is 3. The first kappa shape index (κ1) is 34.4. The Morgan fingerprint density at radius 3 is 2.04 bits per heavy atom. The molecular weight excluding hydrogens is 573 g/mol. The molecule has 0 radical (unpaired) electrons. The Kier molecular flexibility index (Phi) is 11.1. The molecule has 0 atom stereocenters. The van der Waals surface area contributed by atoms with Gasteiger partial charge < -0.3 is 21.4 Å². The molecule has 0 amide bonds. The lowest BCUT2D eigenvalue weighted by Crippen LogP contribution is -2.01. The molecule has 5 N–H and O–H groups in total. The fourth-order valence-corrected chi connectivity index (χ4v) is 5.93. The van der Waals surface area contributed by atoms with E-state index < -0.39 is 0 Å². The van der Waals surface area contributed by atoms with Crippen molar-refractivity contribution in [1.82, 2.24) is 4.57 Å². The molecule has 1 aliphatic carbocycles. The van der Waals surface area contributed by atoms with Crippen LogP contribution >= 0.6 is 0 Å². The molecule has 1 aromatic heterocycles. The lowest BCUT2D eigenvalue weighted by molar-refractivity contribution is 1.08. The van der Waals surface area contributed by atoms with Crippen molar-refractivity contribution in [2.45, 2.75) is 48.5 Å². The van der Waals surface area contributed by atoms with Gasteiger partial charge in [0.1, 0.15) is 0 Å². The van der Waals surface area contributed by atoms with Gasteiger partial charge >= 0.3 is 0 Å². The molecule has 5 aromatic rings. The molecule has 0 saturated heterocycles. The lowest BCUT2D eigenvalue weighted by atomic mass is 9.97. The number of hydrogen-bond acceptors (Lipinski definition) is 3. The number of nitrogens with zero attached hydrogens (tertiary/aromatic N) is 1. The molecular formula is C43H48N4. The molecule has 4 heteroatoms. The van der Waals surface area contributed by atoms with Crippen LogP contribution in [0.25, 0.3) is 50.9 Å². The van der Waals surface area contributed by atoms with Crippen LogP contribution in [-0.2, 0) is 0 Å². The summed E-state index contributed by atoms with van der Waals surface area (Å²) in [4.78, 5) is 0. The number of anilines is 1. The number of para-hydroxylation sites is 1. The highest BCUT2D eigenvalue weighted by atomic mass is 15.0. The maximum absolute atomic E-state index is 6.13. The molecule has 0 unspecified atom stereocenters. The van der Waals surface area contributed by atoms with E-state index >= 15 is 0 Å². The molecule has 1 heterocycles. The summed E-state index contributed by atoms with van der Waals surface area (Å²) >= 11 is 0. The summed E-state index contributed by atoms with van der Waals surface area (Å²) in [6.07, 6.45) is 13.8. The second kappa shape index (κ2) is 15.2. The van der Waals surface area contributed by atoms with Crippen LogP contribution < -0.4 is 16.8 Å². The average molecular weight is 621 g/mol. The molecule has 4 aromatic carbocycles. The van der Waals surface area contributed by atoms with Gasteiger partial charge in [0.15, 0.2) is 0 Å². The van der Waals surface area contributed by atoms with E-state index in [1.54, 1.807) is 6.08 Å². The van der Waals surface area contributed by atoms with Gasteiger partial charge in [-0.3, -0.25) is 0 Å². The van der Waals surface area contributed by atoms with Crippen molar-refractivity contribution >= 4 is 50.9 Å². The monoisotopic (exact) mass is 620 g/mol. The minimum Gasteiger partial charge on any atom is -0.397 e. The Hall–Kier alpha value is -5.48. The first-order valence-electron chi connectivity index (χ1n) is 16.0. The highest BCUT2D eigenvalue weighted by Gasteiger charge is 2.22. The van der Waals surface area contributed by atoms with Gasteiger partial charge in [-0.15, -0.1) is 0 Å². The summed E-state index contributed by atoms with van der Waals surface area (Å²) in [6, 6.07) is 23.4. The van der Waals surface area contributed by atoms with Gasteiger partial charge in [-0.05, 0) is 95.6 Å². The van der Waals surface area contributed by atoms with Crippen LogP contribution in [0.3, 0.4) is 0 Å². The van der Waals surface area contributed by atoms with Crippen LogP contribution in [0, 0.1) is 20.8 Å². The first-order chi connectivity index (χ1) is 22.6. The Bertz CT molecular complexity index is 2060. The maximum atomic E-state index is 6.13. The van der Waals surface area contributed by atoms with Crippen LogP contribution in [-0.4, -0.2) is 4.57 Å². The summed E-state index contributed by atoms with van der Waals surface area (Å²) in [6.45, 7) is 22.0. The van der Waals surface area contributed by atoms with Crippen LogP contribution in [0.1, 0.15) is 66.8 Å². The topological polar surface area (TPSA) is 69.0 Å². The zero-order chi connectivity index (χ0) is 34.2. The zero-order valence-corrected chi connectivity index (χ0v) is 28.9. The Morgan fingerprint density at radius 1 is 0.787 bits per heavy atom. The Labute approximate surface area is 280 Å². The van der Waals surface area contributed by atoms with Crippen molar-refractivity contribution < 1.29 is 0 Å². The van der Waals surface area contributed by atoms with Gasteiger partial charge in [0.05, 0.1) is 22.6 Å². The van der Waals surface area contributed by atoms with Crippen LogP contribution in [0.4, 0.5) is 5.69 Å². The quantitative estimate of drug-likeness (QED) is 0.165. The highest BCUT2D eigenvalue weighted by Crippen LogP contribution is 2.41.